The van der Waals surface area contributed by atoms with Gasteiger partial charge in [-0.05, 0) is 0 Å². The third-order valence-electron chi connectivity index (χ3n) is 4.35. The minimum atomic E-state index is -4.95. The van der Waals surface area contributed by atoms with Gasteiger partial charge in [0.15, 0.2) is 6.23 Å². The zero-order valence-electron chi connectivity index (χ0n) is 13.8. The Balaban J connectivity index is 1.98. The minimum Gasteiger partial charge on any atom is -0.394 e. The number of hydrogen-bond donors (Lipinski definition) is 5. The number of hydrogen-bond acceptors (Lipinski definition) is 9. The van der Waals surface area contributed by atoms with Crippen LogP contribution in [0.4, 0.5) is 11.5 Å². The van der Waals surface area contributed by atoms with E-state index in [9.17, 15) is 24.4 Å². The molecule has 0 amide bonds. The number of fused-ring (bicyclic) bond motifs is 1. The predicted octanol–water partition coefficient (Wildman–Crippen LogP) is -3.16. The first kappa shape index (κ1) is 19.0. The molecule has 1 aromatic rings. The van der Waals surface area contributed by atoms with Crippen molar-refractivity contribution in [3.8, 4) is 0 Å². The molecule has 0 bridgehead atoms. The van der Waals surface area contributed by atoms with E-state index in [1.54, 1.807) is 7.05 Å². The van der Waals surface area contributed by atoms with Crippen molar-refractivity contribution in [1.82, 2.24) is 9.55 Å². The number of rotatable bonds is 4. The third-order valence-corrected chi connectivity index (χ3v) is 4.87. The van der Waals surface area contributed by atoms with Gasteiger partial charge >= 0.3 is 13.5 Å². The summed E-state index contributed by atoms with van der Waals surface area (Å²) in [7, 11) is -2.05. The lowest BCUT2D eigenvalue weighted by Gasteiger charge is -2.28. The van der Waals surface area contributed by atoms with Gasteiger partial charge < -0.3 is 34.5 Å². The highest BCUT2D eigenvalue weighted by atomic mass is 31.2. The Kier molecular flexibility index (Phi) is 4.73. The molecule has 0 spiro atoms. The molecule has 26 heavy (non-hydrogen) atoms. The smallest absolute Gasteiger partial charge is 0.394 e. The first-order valence-electron chi connectivity index (χ1n) is 7.54. The number of aliphatic hydroxyl groups is 2. The van der Waals surface area contributed by atoms with Crippen LogP contribution in [0.3, 0.4) is 0 Å². The summed E-state index contributed by atoms with van der Waals surface area (Å²) in [6.45, 7) is -0.616. The molecule has 0 unspecified atom stereocenters. The molecule has 3 rings (SSSR count). The molecule has 5 N–H and O–H groups in total. The van der Waals surface area contributed by atoms with Crippen molar-refractivity contribution in [3.63, 3.8) is 0 Å². The Morgan fingerprint density at radius 1 is 1.35 bits per heavy atom. The maximum atomic E-state index is 12.3. The Hall–Kier alpha value is -1.73. The highest BCUT2D eigenvalue weighted by Crippen LogP contribution is 2.43. The lowest BCUT2D eigenvalue weighted by molar-refractivity contribution is -0.0218. The van der Waals surface area contributed by atoms with Gasteiger partial charge in [0.25, 0.3) is 5.56 Å². The highest BCUT2D eigenvalue weighted by molar-refractivity contribution is 7.46. The van der Waals surface area contributed by atoms with Crippen LogP contribution in [0.5, 0.6) is 0 Å². The Bertz CT molecular complexity index is 863. The SMILES string of the molecule is CN1CN([C@@H]2O[C@H](CO)[C@@H](OP(=O)(O)O)[C@H]2O)c2[nH]c(=O)n(C)c(=O)c21. The zero-order chi connectivity index (χ0) is 19.4. The highest BCUT2D eigenvalue weighted by Gasteiger charge is 2.51. The summed E-state index contributed by atoms with van der Waals surface area (Å²) in [6, 6.07) is 0. The maximum Gasteiger partial charge on any atom is 0.470 e. The molecule has 2 aliphatic heterocycles. The first-order chi connectivity index (χ1) is 12.0. The summed E-state index contributed by atoms with van der Waals surface area (Å²) >= 11 is 0. The number of ether oxygens (including phenoxy) is 1. The standard InChI is InChI=1S/C12H19N4O9P/c1-14-4-16(9-6(14)10(19)15(2)12(20)13-9)11-7(18)8(5(3-17)24-11)25-26(21,22)23/h5,7-8,11,17-18H,3-4H2,1-2H3,(H,13,20)(H2,21,22,23)/t5-,7-,8-,11-/m1/s1. The van der Waals surface area contributed by atoms with Crippen LogP contribution < -0.4 is 21.0 Å². The monoisotopic (exact) mass is 394 g/mol. The quantitative estimate of drug-likeness (QED) is 0.326. The third kappa shape index (κ3) is 3.07. The summed E-state index contributed by atoms with van der Waals surface area (Å²) in [6.07, 6.45) is -5.49. The maximum absolute atomic E-state index is 12.3. The van der Waals surface area contributed by atoms with E-state index in [0.29, 0.717) is 0 Å². The van der Waals surface area contributed by atoms with E-state index in [0.717, 1.165) is 4.57 Å². The summed E-state index contributed by atoms with van der Waals surface area (Å²) in [5.74, 6) is 0.0955. The number of nitrogens with one attached hydrogen (secondary N) is 1. The molecule has 13 nitrogen and oxygen atoms in total. The summed E-state index contributed by atoms with van der Waals surface area (Å²) in [5, 5.41) is 19.8. The van der Waals surface area contributed by atoms with E-state index in [-0.39, 0.29) is 18.2 Å². The topological polar surface area (TPSA) is 178 Å². The van der Waals surface area contributed by atoms with Crippen LogP contribution in [-0.2, 0) is 20.9 Å². The molecule has 1 fully saturated rings. The number of aromatic amines is 1. The van der Waals surface area contributed by atoms with Crippen molar-refractivity contribution in [2.75, 3.05) is 30.1 Å². The lowest BCUT2D eigenvalue weighted by Crippen LogP contribution is -2.46. The van der Waals surface area contributed by atoms with E-state index in [1.807, 2.05) is 0 Å². The van der Waals surface area contributed by atoms with Crippen molar-refractivity contribution in [2.24, 2.45) is 7.05 Å². The van der Waals surface area contributed by atoms with Crippen LogP contribution in [0.1, 0.15) is 0 Å². The molecule has 0 aromatic carbocycles. The Morgan fingerprint density at radius 3 is 2.58 bits per heavy atom. The van der Waals surface area contributed by atoms with Crippen LogP contribution in [0, 0.1) is 0 Å². The van der Waals surface area contributed by atoms with Gasteiger partial charge in [0.2, 0.25) is 0 Å². The van der Waals surface area contributed by atoms with Gasteiger partial charge in [0.1, 0.15) is 29.8 Å². The number of aliphatic hydroxyl groups excluding tert-OH is 2. The van der Waals surface area contributed by atoms with Crippen molar-refractivity contribution in [1.29, 1.82) is 0 Å². The van der Waals surface area contributed by atoms with E-state index < -0.39 is 50.2 Å². The zero-order valence-corrected chi connectivity index (χ0v) is 14.7. The van der Waals surface area contributed by atoms with E-state index >= 15 is 0 Å². The number of anilines is 2. The largest absolute Gasteiger partial charge is 0.470 e. The molecular formula is C12H19N4O9P. The predicted molar refractivity (Wildman–Crippen MR) is 86.7 cm³/mol. The van der Waals surface area contributed by atoms with Gasteiger partial charge in [0, 0.05) is 14.1 Å². The van der Waals surface area contributed by atoms with Gasteiger partial charge in [-0.2, -0.15) is 0 Å². The Labute approximate surface area is 146 Å². The van der Waals surface area contributed by atoms with Gasteiger partial charge in [-0.25, -0.2) is 9.36 Å². The second kappa shape index (κ2) is 6.46. The van der Waals surface area contributed by atoms with E-state index in [1.165, 1.54) is 16.8 Å². The molecule has 146 valence electrons. The van der Waals surface area contributed by atoms with Crippen molar-refractivity contribution < 1.29 is 33.8 Å². The van der Waals surface area contributed by atoms with Crippen LogP contribution in [-0.4, -0.2) is 74.4 Å². The fourth-order valence-electron chi connectivity index (χ4n) is 3.14. The molecule has 0 saturated carbocycles. The second-order valence-corrected chi connectivity index (χ2v) is 7.29. The average molecular weight is 394 g/mol. The molecule has 0 aliphatic carbocycles. The summed E-state index contributed by atoms with van der Waals surface area (Å²) in [4.78, 5) is 47.6. The first-order valence-corrected chi connectivity index (χ1v) is 9.07. The van der Waals surface area contributed by atoms with Crippen molar-refractivity contribution in [2.45, 2.75) is 24.5 Å². The normalized spacial score (nSPS) is 28.7. The number of phosphoric ester groups is 1. The summed E-state index contributed by atoms with van der Waals surface area (Å²) < 4.78 is 22.0. The van der Waals surface area contributed by atoms with Crippen molar-refractivity contribution >= 4 is 19.3 Å². The number of nitrogens with zero attached hydrogens (tertiary/aromatic N) is 3. The van der Waals surface area contributed by atoms with Crippen molar-refractivity contribution in [3.05, 3.63) is 20.8 Å². The second-order valence-electron chi connectivity index (χ2n) is 6.10. The molecule has 4 atom stereocenters. The molecule has 3 heterocycles. The number of H-pyrrole nitrogens is 1. The van der Waals surface area contributed by atoms with Crippen LogP contribution in [0.2, 0.25) is 0 Å². The van der Waals surface area contributed by atoms with E-state index in [2.05, 4.69) is 9.51 Å². The molecule has 14 heteroatoms. The lowest BCUT2D eigenvalue weighted by atomic mass is 10.1. The van der Waals surface area contributed by atoms with Crippen LogP contribution >= 0.6 is 7.82 Å². The number of aromatic nitrogens is 2. The van der Waals surface area contributed by atoms with Crippen LogP contribution in [0.15, 0.2) is 9.59 Å². The minimum absolute atomic E-state index is 0.0486. The van der Waals surface area contributed by atoms with E-state index in [4.69, 9.17) is 14.5 Å². The Morgan fingerprint density at radius 2 is 2.00 bits per heavy atom. The van der Waals surface area contributed by atoms with Gasteiger partial charge in [-0.1, -0.05) is 0 Å². The molecule has 2 aliphatic rings. The van der Waals surface area contributed by atoms with Gasteiger partial charge in [0.05, 0.1) is 13.3 Å². The van der Waals surface area contributed by atoms with Crippen LogP contribution in [0.25, 0.3) is 0 Å². The molecule has 0 radical (unpaired) electrons. The molecular weight excluding hydrogens is 375 g/mol. The van der Waals surface area contributed by atoms with Gasteiger partial charge in [-0.3, -0.25) is 18.9 Å². The van der Waals surface area contributed by atoms with Gasteiger partial charge in [-0.15, -0.1) is 0 Å². The average Bonchev–Trinajstić information content (AvgIpc) is 3.02. The molecule has 1 saturated heterocycles. The molecule has 1 aromatic heterocycles. The fourth-order valence-corrected chi connectivity index (χ4v) is 3.72. The fraction of sp³-hybridized carbons (Fsp3) is 0.667. The number of phosphoric acid groups is 1. The summed E-state index contributed by atoms with van der Waals surface area (Å²) in [5.41, 5.74) is -1.06.